The molecule has 4 aliphatic rings. The monoisotopic (exact) mass is 280 g/mol. The molecule has 0 bridgehead atoms. The number of rotatable bonds is 2. The summed E-state index contributed by atoms with van der Waals surface area (Å²) in [7, 11) is 0. The molecule has 2 N–H and O–H groups in total. The van der Waals surface area contributed by atoms with Crippen LogP contribution >= 0.6 is 0 Å². The quantitative estimate of drug-likeness (QED) is 0.796. The highest BCUT2D eigenvalue weighted by atomic mass is 16.5. The van der Waals surface area contributed by atoms with Crippen LogP contribution in [0.4, 0.5) is 4.79 Å². The fraction of sp³-hybridized carbons (Fsp3) is 0.933. The molecule has 2 aliphatic heterocycles. The normalized spacial score (nSPS) is 41.1. The number of urea groups is 1. The molecule has 0 radical (unpaired) electrons. The van der Waals surface area contributed by atoms with Crippen LogP contribution in [0.5, 0.6) is 0 Å². The van der Waals surface area contributed by atoms with E-state index in [1.54, 1.807) is 0 Å². The van der Waals surface area contributed by atoms with E-state index in [0.717, 1.165) is 32.4 Å². The SMILES string of the molecule is O=C(NC1C2CCOC2C12CCC2)N1CCCC1CO. The predicted octanol–water partition coefficient (Wildman–Crippen LogP) is 1.11. The minimum atomic E-state index is 0.0167. The lowest BCUT2D eigenvalue weighted by Crippen LogP contribution is -2.72. The zero-order valence-corrected chi connectivity index (χ0v) is 11.9. The van der Waals surface area contributed by atoms with Gasteiger partial charge >= 0.3 is 6.03 Å². The molecule has 2 amide bonds. The lowest BCUT2D eigenvalue weighted by molar-refractivity contribution is -0.172. The third-order valence-corrected chi connectivity index (χ3v) is 6.16. The van der Waals surface area contributed by atoms with Gasteiger partial charge in [-0.1, -0.05) is 6.42 Å². The van der Waals surface area contributed by atoms with Gasteiger partial charge in [-0.05, 0) is 32.1 Å². The molecule has 4 unspecified atom stereocenters. The van der Waals surface area contributed by atoms with Crippen molar-refractivity contribution in [1.29, 1.82) is 0 Å². The topological polar surface area (TPSA) is 61.8 Å². The van der Waals surface area contributed by atoms with Crippen molar-refractivity contribution in [3.8, 4) is 0 Å². The van der Waals surface area contributed by atoms with Gasteiger partial charge in [0.25, 0.3) is 0 Å². The lowest BCUT2D eigenvalue weighted by atomic mass is 9.46. The molecule has 1 spiro atoms. The van der Waals surface area contributed by atoms with Crippen LogP contribution in [-0.4, -0.2) is 54.0 Å². The van der Waals surface area contributed by atoms with Gasteiger partial charge in [0.2, 0.25) is 0 Å². The predicted molar refractivity (Wildman–Crippen MR) is 73.3 cm³/mol. The second-order valence-electron chi connectivity index (χ2n) is 6.93. The first-order valence-electron chi connectivity index (χ1n) is 8.06. The summed E-state index contributed by atoms with van der Waals surface area (Å²) >= 11 is 0. The van der Waals surface area contributed by atoms with Crippen LogP contribution < -0.4 is 5.32 Å². The van der Waals surface area contributed by atoms with Gasteiger partial charge in [0, 0.05) is 30.5 Å². The molecule has 5 heteroatoms. The highest BCUT2D eigenvalue weighted by Crippen LogP contribution is 2.62. The molecule has 2 saturated carbocycles. The van der Waals surface area contributed by atoms with Gasteiger partial charge in [0.05, 0.1) is 18.8 Å². The largest absolute Gasteiger partial charge is 0.394 e. The van der Waals surface area contributed by atoms with E-state index < -0.39 is 0 Å². The minimum absolute atomic E-state index is 0.0167. The number of ether oxygens (including phenoxy) is 1. The molecule has 112 valence electrons. The van der Waals surface area contributed by atoms with E-state index >= 15 is 0 Å². The molecule has 4 atom stereocenters. The van der Waals surface area contributed by atoms with E-state index in [1.165, 1.54) is 19.3 Å². The van der Waals surface area contributed by atoms with Gasteiger partial charge in [-0.25, -0.2) is 4.79 Å². The van der Waals surface area contributed by atoms with Crippen molar-refractivity contribution in [2.75, 3.05) is 19.8 Å². The van der Waals surface area contributed by atoms with Gasteiger partial charge in [-0.3, -0.25) is 0 Å². The van der Waals surface area contributed by atoms with Crippen molar-refractivity contribution in [3.63, 3.8) is 0 Å². The molecule has 0 aromatic carbocycles. The summed E-state index contributed by atoms with van der Waals surface area (Å²) < 4.78 is 5.88. The summed E-state index contributed by atoms with van der Waals surface area (Å²) in [5.74, 6) is 0.523. The summed E-state index contributed by atoms with van der Waals surface area (Å²) in [4.78, 5) is 14.3. The fourth-order valence-corrected chi connectivity index (χ4v) is 4.96. The Morgan fingerprint density at radius 3 is 2.90 bits per heavy atom. The summed E-state index contributed by atoms with van der Waals surface area (Å²) in [5.41, 5.74) is 0.241. The Labute approximate surface area is 119 Å². The number of aliphatic hydroxyl groups is 1. The highest BCUT2D eigenvalue weighted by molar-refractivity contribution is 5.75. The summed E-state index contributed by atoms with van der Waals surface area (Å²) in [6.07, 6.45) is 7.07. The average molecular weight is 280 g/mol. The Hall–Kier alpha value is -0.810. The Bertz CT molecular complexity index is 410. The van der Waals surface area contributed by atoms with Crippen LogP contribution in [0.2, 0.25) is 0 Å². The number of carbonyl (C=O) groups is 1. The molecule has 2 heterocycles. The van der Waals surface area contributed by atoms with Crippen LogP contribution in [0.3, 0.4) is 0 Å². The fourth-order valence-electron chi connectivity index (χ4n) is 4.96. The molecule has 2 saturated heterocycles. The highest BCUT2D eigenvalue weighted by Gasteiger charge is 2.67. The molecule has 2 aliphatic carbocycles. The molecule has 4 fully saturated rings. The number of nitrogens with one attached hydrogen (secondary N) is 1. The third kappa shape index (κ3) is 1.59. The zero-order chi connectivity index (χ0) is 13.7. The molecule has 0 aromatic heterocycles. The number of amides is 2. The van der Waals surface area contributed by atoms with Gasteiger partial charge in [-0.15, -0.1) is 0 Å². The number of hydrogen-bond donors (Lipinski definition) is 2. The van der Waals surface area contributed by atoms with Gasteiger partial charge < -0.3 is 20.1 Å². The first kappa shape index (κ1) is 12.9. The van der Waals surface area contributed by atoms with Crippen molar-refractivity contribution in [2.45, 2.75) is 56.7 Å². The van der Waals surface area contributed by atoms with E-state index in [0.29, 0.717) is 18.1 Å². The van der Waals surface area contributed by atoms with Crippen molar-refractivity contribution in [2.24, 2.45) is 11.3 Å². The maximum atomic E-state index is 12.5. The van der Waals surface area contributed by atoms with Crippen LogP contribution in [0.1, 0.15) is 38.5 Å². The van der Waals surface area contributed by atoms with Gasteiger partial charge in [0.1, 0.15) is 0 Å². The van der Waals surface area contributed by atoms with Gasteiger partial charge in [-0.2, -0.15) is 0 Å². The van der Waals surface area contributed by atoms with Crippen LogP contribution in [0, 0.1) is 11.3 Å². The molecule has 20 heavy (non-hydrogen) atoms. The number of nitrogens with zero attached hydrogens (tertiary/aromatic N) is 1. The second-order valence-corrected chi connectivity index (χ2v) is 6.93. The number of carbonyl (C=O) groups excluding carboxylic acids is 1. The lowest BCUT2D eigenvalue weighted by Gasteiger charge is -2.63. The number of likely N-dealkylation sites (tertiary alicyclic amines) is 1. The minimum Gasteiger partial charge on any atom is -0.394 e. The molecular formula is C15H24N2O3. The summed E-state index contributed by atoms with van der Waals surface area (Å²) in [6.45, 7) is 1.71. The Morgan fingerprint density at radius 1 is 1.35 bits per heavy atom. The summed E-state index contributed by atoms with van der Waals surface area (Å²) in [5, 5.41) is 12.6. The standard InChI is InChI=1S/C15H24N2O3/c18-9-10-3-1-7-17(10)14(19)16-12-11-4-8-20-13(11)15(12)5-2-6-15/h10-13,18H,1-9H2,(H,16,19). The van der Waals surface area contributed by atoms with E-state index in [4.69, 9.17) is 4.74 Å². The Morgan fingerprint density at radius 2 is 2.20 bits per heavy atom. The molecule has 0 aromatic rings. The maximum Gasteiger partial charge on any atom is 0.317 e. The van der Waals surface area contributed by atoms with Crippen molar-refractivity contribution in [1.82, 2.24) is 10.2 Å². The molecular weight excluding hydrogens is 256 g/mol. The van der Waals surface area contributed by atoms with E-state index in [2.05, 4.69) is 5.32 Å². The van der Waals surface area contributed by atoms with E-state index in [9.17, 15) is 9.90 Å². The average Bonchev–Trinajstić information content (AvgIpc) is 3.01. The van der Waals surface area contributed by atoms with Gasteiger partial charge in [0.15, 0.2) is 0 Å². The first-order valence-corrected chi connectivity index (χ1v) is 8.06. The second kappa shape index (κ2) is 4.60. The van der Waals surface area contributed by atoms with E-state index in [-0.39, 0.29) is 24.1 Å². The summed E-state index contributed by atoms with van der Waals surface area (Å²) in [6, 6.07) is 0.349. The number of hydrogen-bond acceptors (Lipinski definition) is 3. The maximum absolute atomic E-state index is 12.5. The first-order chi connectivity index (χ1) is 9.76. The number of fused-ring (bicyclic) bond motifs is 2. The Kier molecular flexibility index (Phi) is 2.96. The molecule has 5 nitrogen and oxygen atoms in total. The Balaban J connectivity index is 1.44. The van der Waals surface area contributed by atoms with Crippen molar-refractivity contribution in [3.05, 3.63) is 0 Å². The van der Waals surface area contributed by atoms with Crippen LogP contribution in [0.25, 0.3) is 0 Å². The zero-order valence-electron chi connectivity index (χ0n) is 11.9. The van der Waals surface area contributed by atoms with E-state index in [1.807, 2.05) is 4.90 Å². The number of aliphatic hydroxyl groups excluding tert-OH is 1. The molecule has 4 rings (SSSR count). The third-order valence-electron chi connectivity index (χ3n) is 6.16. The van der Waals surface area contributed by atoms with Crippen LogP contribution in [-0.2, 0) is 4.74 Å². The van der Waals surface area contributed by atoms with Crippen molar-refractivity contribution < 1.29 is 14.6 Å². The van der Waals surface area contributed by atoms with Crippen LogP contribution in [0.15, 0.2) is 0 Å². The van der Waals surface area contributed by atoms with Crippen molar-refractivity contribution >= 4 is 6.03 Å². The smallest absolute Gasteiger partial charge is 0.317 e.